The molecule has 15 heavy (non-hydrogen) atoms. The van der Waals surface area contributed by atoms with Gasteiger partial charge < -0.3 is 0 Å². The van der Waals surface area contributed by atoms with E-state index in [1.165, 1.54) is 29.5 Å². The zero-order valence-corrected chi connectivity index (χ0v) is 11.6. The first kappa shape index (κ1) is 16.6. The third-order valence-electron chi connectivity index (χ3n) is 2.16. The van der Waals surface area contributed by atoms with Crippen LogP contribution >= 0.6 is 0 Å². The molecule has 1 rings (SSSR count). The molecule has 0 saturated heterocycles. The average molecular weight is 211 g/mol. The van der Waals surface area contributed by atoms with Gasteiger partial charge >= 0.3 is 0 Å². The van der Waals surface area contributed by atoms with Crippen molar-refractivity contribution in [1.82, 2.24) is 0 Å². The maximum Gasteiger partial charge on any atom is 0 e. The first-order valence-corrected chi connectivity index (χ1v) is 6.15. The van der Waals surface area contributed by atoms with E-state index in [4.69, 9.17) is 0 Å². The van der Waals surface area contributed by atoms with Gasteiger partial charge in [-0.2, -0.15) is 0 Å². The van der Waals surface area contributed by atoms with Gasteiger partial charge in [-0.1, -0.05) is 64.3 Å². The molecule has 0 aliphatic heterocycles. The van der Waals surface area contributed by atoms with Crippen molar-refractivity contribution in [2.24, 2.45) is 0 Å². The maximum absolute atomic E-state index is 2.20. The van der Waals surface area contributed by atoms with Crippen LogP contribution < -0.4 is 0 Å². The SMILES string of the molecule is CC.CCCC.Cc1ccc(C)c(C)c1.[2HH]. The number of benzene rings is 1. The van der Waals surface area contributed by atoms with Gasteiger partial charge in [-0.25, -0.2) is 0 Å². The molecule has 0 amide bonds. The lowest BCUT2D eigenvalue weighted by Gasteiger charge is -1.98. The van der Waals surface area contributed by atoms with Crippen molar-refractivity contribution in [2.45, 2.75) is 61.3 Å². The van der Waals surface area contributed by atoms with Crippen molar-refractivity contribution in [3.8, 4) is 0 Å². The Morgan fingerprint density at radius 3 is 1.60 bits per heavy atom. The summed E-state index contributed by atoms with van der Waals surface area (Å²) in [5.74, 6) is 0. The average Bonchev–Trinajstić information content (AvgIpc) is 2.27. The highest BCUT2D eigenvalue weighted by Gasteiger charge is 1.89. The molecule has 0 aliphatic carbocycles. The van der Waals surface area contributed by atoms with E-state index in [1.54, 1.807) is 0 Å². The molecular weight excluding hydrogens is 180 g/mol. The van der Waals surface area contributed by atoms with Crippen LogP contribution in [0, 0.1) is 20.8 Å². The van der Waals surface area contributed by atoms with Gasteiger partial charge in [0.15, 0.2) is 0 Å². The predicted octanol–water partition coefficient (Wildman–Crippen LogP) is 5.69. The Morgan fingerprint density at radius 2 is 1.33 bits per heavy atom. The van der Waals surface area contributed by atoms with Gasteiger partial charge in [0.05, 0.1) is 0 Å². The van der Waals surface area contributed by atoms with Crippen molar-refractivity contribution < 1.29 is 1.43 Å². The summed E-state index contributed by atoms with van der Waals surface area (Å²) in [7, 11) is 0. The van der Waals surface area contributed by atoms with Crippen LogP contribution in [0.4, 0.5) is 0 Å². The zero-order valence-electron chi connectivity index (χ0n) is 11.6. The highest BCUT2D eigenvalue weighted by atomic mass is 13.9. The Morgan fingerprint density at radius 1 is 0.867 bits per heavy atom. The summed E-state index contributed by atoms with van der Waals surface area (Å²) in [6.07, 6.45) is 2.64. The van der Waals surface area contributed by atoms with Crippen LogP contribution in [0.25, 0.3) is 0 Å². The van der Waals surface area contributed by atoms with E-state index >= 15 is 0 Å². The predicted molar refractivity (Wildman–Crippen MR) is 74.7 cm³/mol. The van der Waals surface area contributed by atoms with Gasteiger partial charge in [-0.3, -0.25) is 0 Å². The Hall–Kier alpha value is -0.780. The number of hydrogen-bond donors (Lipinski definition) is 0. The summed E-state index contributed by atoms with van der Waals surface area (Å²) in [5, 5.41) is 0. The smallest absolute Gasteiger partial charge is 0 e. The topological polar surface area (TPSA) is 0 Å². The molecule has 0 atom stereocenters. The molecule has 0 heteroatoms. The molecule has 1 aromatic carbocycles. The summed E-state index contributed by atoms with van der Waals surface area (Å²) in [6.45, 7) is 14.8. The number of unbranched alkanes of at least 4 members (excludes halogenated alkanes) is 1. The largest absolute Gasteiger partial charge is 0.0683 e. The van der Waals surface area contributed by atoms with E-state index in [2.05, 4.69) is 52.8 Å². The molecule has 0 N–H and O–H groups in total. The summed E-state index contributed by atoms with van der Waals surface area (Å²) >= 11 is 0. The van der Waals surface area contributed by atoms with Gasteiger partial charge in [-0.15, -0.1) is 0 Å². The number of rotatable bonds is 1. The van der Waals surface area contributed by atoms with E-state index in [0.29, 0.717) is 0 Å². The second-order valence-electron chi connectivity index (χ2n) is 3.59. The van der Waals surface area contributed by atoms with Crippen LogP contribution in [0.1, 0.15) is 58.7 Å². The standard InChI is InChI=1S/C9H12.C4H10.C2H6.H2/c1-7-4-5-8(2)9(3)6-7;1-3-4-2;1-2;/h4-6H,1-3H3;3-4H2,1-2H3;1-2H3;1H/i;;;1+1. The van der Waals surface area contributed by atoms with Crippen LogP contribution in [0.5, 0.6) is 0 Å². The zero-order chi connectivity index (χ0) is 12.3. The molecule has 0 aliphatic rings. The highest BCUT2D eigenvalue weighted by molar-refractivity contribution is 5.28. The minimum absolute atomic E-state index is 0. The van der Waals surface area contributed by atoms with E-state index in [9.17, 15) is 0 Å². The van der Waals surface area contributed by atoms with Crippen molar-refractivity contribution in [2.75, 3.05) is 0 Å². The van der Waals surface area contributed by atoms with E-state index in [0.717, 1.165) is 0 Å². The van der Waals surface area contributed by atoms with Crippen molar-refractivity contribution in [3.05, 3.63) is 34.9 Å². The first-order chi connectivity index (χ1) is 7.11. The molecule has 0 spiro atoms. The minimum Gasteiger partial charge on any atom is -0.0683 e. The Balaban J connectivity index is -0.000000209. The van der Waals surface area contributed by atoms with Gasteiger partial charge in [0.25, 0.3) is 0 Å². The van der Waals surface area contributed by atoms with Crippen LogP contribution in [-0.4, -0.2) is 0 Å². The lowest BCUT2D eigenvalue weighted by Crippen LogP contribution is -1.79. The quantitative estimate of drug-likeness (QED) is 0.559. The fourth-order valence-corrected chi connectivity index (χ4v) is 0.891. The molecule has 0 saturated carbocycles. The van der Waals surface area contributed by atoms with Gasteiger partial charge in [-0.05, 0) is 31.9 Å². The van der Waals surface area contributed by atoms with Crippen LogP contribution in [0.3, 0.4) is 0 Å². The van der Waals surface area contributed by atoms with Crippen molar-refractivity contribution in [3.63, 3.8) is 0 Å². The first-order valence-electron chi connectivity index (χ1n) is 6.15. The molecule has 0 fully saturated rings. The van der Waals surface area contributed by atoms with Gasteiger partial charge in [0, 0.05) is 1.43 Å². The van der Waals surface area contributed by atoms with E-state index in [-0.39, 0.29) is 1.43 Å². The second kappa shape index (κ2) is 11.3. The normalized spacial score (nSPS) is 8.20. The van der Waals surface area contributed by atoms with Gasteiger partial charge in [0.1, 0.15) is 0 Å². The molecule has 0 nitrogen and oxygen atoms in total. The molecule has 0 bridgehead atoms. The molecule has 0 aromatic heterocycles. The summed E-state index contributed by atoms with van der Waals surface area (Å²) in [5.41, 5.74) is 4.11. The fraction of sp³-hybridized carbons (Fsp3) is 0.600. The third kappa shape index (κ3) is 9.52. The van der Waals surface area contributed by atoms with Gasteiger partial charge in [0.2, 0.25) is 0 Å². The van der Waals surface area contributed by atoms with Crippen molar-refractivity contribution >= 4 is 0 Å². The van der Waals surface area contributed by atoms with Crippen LogP contribution in [-0.2, 0) is 0 Å². The van der Waals surface area contributed by atoms with Crippen molar-refractivity contribution in [1.29, 1.82) is 0 Å². The second-order valence-corrected chi connectivity index (χ2v) is 3.59. The summed E-state index contributed by atoms with van der Waals surface area (Å²) < 4.78 is 0. The Kier molecular flexibility index (Phi) is 12.5. The van der Waals surface area contributed by atoms with E-state index < -0.39 is 0 Å². The number of hydrogen-bond acceptors (Lipinski definition) is 0. The Labute approximate surface area is 98.2 Å². The van der Waals surface area contributed by atoms with Crippen LogP contribution in [0.15, 0.2) is 18.2 Å². The molecule has 1 aromatic rings. The van der Waals surface area contributed by atoms with E-state index in [1.807, 2.05) is 13.8 Å². The fourth-order valence-electron chi connectivity index (χ4n) is 0.891. The number of aryl methyl sites for hydroxylation is 3. The molecule has 0 radical (unpaired) electrons. The maximum atomic E-state index is 2.20. The molecule has 90 valence electrons. The third-order valence-corrected chi connectivity index (χ3v) is 2.16. The monoisotopic (exact) mass is 211 g/mol. The lowest BCUT2D eigenvalue weighted by molar-refractivity contribution is 0.886. The minimum atomic E-state index is 0. The molecule has 0 unspecified atom stereocenters. The van der Waals surface area contributed by atoms with Crippen LogP contribution in [0.2, 0.25) is 0 Å². The molecule has 0 heterocycles. The molecular formula is C15H30. The summed E-state index contributed by atoms with van der Waals surface area (Å²) in [6, 6.07) is 6.50. The highest BCUT2D eigenvalue weighted by Crippen LogP contribution is 2.07. The lowest BCUT2D eigenvalue weighted by atomic mass is 10.1. The summed E-state index contributed by atoms with van der Waals surface area (Å²) in [4.78, 5) is 0. The Bertz CT molecular complexity index is 239.